The van der Waals surface area contributed by atoms with Gasteiger partial charge in [0.2, 0.25) is 0 Å². The molecule has 0 aliphatic carbocycles. The lowest BCUT2D eigenvalue weighted by Gasteiger charge is -2.20. The molecule has 16 heavy (non-hydrogen) atoms. The Bertz CT molecular complexity index is 309. The molecule has 0 bridgehead atoms. The van der Waals surface area contributed by atoms with E-state index in [4.69, 9.17) is 5.73 Å². The van der Waals surface area contributed by atoms with Gasteiger partial charge in [0.1, 0.15) is 0 Å². The number of hydrogen-bond donors (Lipinski definition) is 1. The molecule has 1 heterocycles. The van der Waals surface area contributed by atoms with Crippen LogP contribution in [0.15, 0.2) is 5.38 Å². The van der Waals surface area contributed by atoms with Crippen LogP contribution in [0.5, 0.6) is 0 Å². The Balaban J connectivity index is 2.28. The fourth-order valence-corrected chi connectivity index (χ4v) is 2.14. The third-order valence-corrected chi connectivity index (χ3v) is 3.62. The molecule has 2 N–H and O–H groups in total. The van der Waals surface area contributed by atoms with Crippen LogP contribution in [-0.2, 0) is 6.54 Å². The lowest BCUT2D eigenvalue weighted by molar-refractivity contribution is 0.294. The number of nitrogens with zero attached hydrogens (tertiary/aromatic N) is 2. The van der Waals surface area contributed by atoms with E-state index in [0.717, 1.165) is 24.5 Å². The smallest absolute Gasteiger partial charge is 0.0897 e. The molecule has 0 fully saturated rings. The number of aryl methyl sites for hydroxylation is 1. The van der Waals surface area contributed by atoms with E-state index in [0.29, 0.717) is 12.0 Å². The zero-order valence-corrected chi connectivity index (χ0v) is 11.5. The minimum Gasteiger partial charge on any atom is -0.327 e. The molecule has 0 spiro atoms. The molecule has 3 nitrogen and oxygen atoms in total. The molecular weight excluding hydrogens is 218 g/mol. The first-order valence-electron chi connectivity index (χ1n) is 5.84. The predicted molar refractivity (Wildman–Crippen MR) is 70.6 cm³/mol. The lowest BCUT2D eigenvalue weighted by atomic mass is 10.0. The molecule has 1 rings (SSSR count). The summed E-state index contributed by atoms with van der Waals surface area (Å²) in [5.74, 6) is 0.565. The monoisotopic (exact) mass is 241 g/mol. The van der Waals surface area contributed by atoms with Gasteiger partial charge >= 0.3 is 0 Å². The van der Waals surface area contributed by atoms with Crippen molar-refractivity contribution < 1.29 is 0 Å². The van der Waals surface area contributed by atoms with Gasteiger partial charge in [-0.2, -0.15) is 0 Å². The second-order valence-electron chi connectivity index (χ2n) is 4.79. The summed E-state index contributed by atoms with van der Waals surface area (Å²) < 4.78 is 0. The van der Waals surface area contributed by atoms with Crippen molar-refractivity contribution in [1.29, 1.82) is 0 Å². The van der Waals surface area contributed by atoms with Crippen LogP contribution in [0.25, 0.3) is 0 Å². The van der Waals surface area contributed by atoms with Crippen LogP contribution in [0, 0.1) is 12.8 Å². The largest absolute Gasteiger partial charge is 0.327 e. The first-order valence-corrected chi connectivity index (χ1v) is 6.72. The van der Waals surface area contributed by atoms with Gasteiger partial charge in [-0.05, 0) is 32.9 Å². The van der Waals surface area contributed by atoms with Gasteiger partial charge in [0.25, 0.3) is 0 Å². The molecule has 0 amide bonds. The number of hydrogen-bond acceptors (Lipinski definition) is 4. The Hall–Kier alpha value is -0.450. The Morgan fingerprint density at radius 1 is 1.50 bits per heavy atom. The van der Waals surface area contributed by atoms with Crippen molar-refractivity contribution in [2.24, 2.45) is 11.7 Å². The standard InChI is InChI=1S/C12H23N3S/c1-9(2)12(13)5-6-15(4)7-11-8-16-10(3)14-11/h8-9,12H,5-7,13H2,1-4H3. The van der Waals surface area contributed by atoms with Gasteiger partial charge in [-0.25, -0.2) is 4.98 Å². The van der Waals surface area contributed by atoms with Gasteiger partial charge in [0.15, 0.2) is 0 Å². The maximum atomic E-state index is 6.02. The number of thiazole rings is 1. The van der Waals surface area contributed by atoms with Crippen LogP contribution >= 0.6 is 11.3 Å². The summed E-state index contributed by atoms with van der Waals surface area (Å²) in [4.78, 5) is 6.75. The van der Waals surface area contributed by atoms with Crippen LogP contribution < -0.4 is 5.73 Å². The van der Waals surface area contributed by atoms with Crippen LogP contribution in [0.3, 0.4) is 0 Å². The molecular formula is C12H23N3S. The summed E-state index contributed by atoms with van der Waals surface area (Å²) in [5, 5.41) is 3.27. The van der Waals surface area contributed by atoms with E-state index in [1.54, 1.807) is 11.3 Å². The molecule has 0 aliphatic rings. The van der Waals surface area contributed by atoms with Gasteiger partial charge < -0.3 is 10.6 Å². The highest BCUT2D eigenvalue weighted by Crippen LogP contribution is 2.10. The number of aromatic nitrogens is 1. The molecule has 1 unspecified atom stereocenters. The van der Waals surface area contributed by atoms with Crippen LogP contribution in [0.2, 0.25) is 0 Å². The first-order chi connectivity index (χ1) is 7.49. The van der Waals surface area contributed by atoms with Crippen LogP contribution in [-0.4, -0.2) is 29.5 Å². The Morgan fingerprint density at radius 2 is 2.19 bits per heavy atom. The van der Waals surface area contributed by atoms with E-state index < -0.39 is 0 Å². The number of nitrogens with two attached hydrogens (primary N) is 1. The van der Waals surface area contributed by atoms with Crippen molar-refractivity contribution in [2.75, 3.05) is 13.6 Å². The van der Waals surface area contributed by atoms with E-state index in [2.05, 4.69) is 36.2 Å². The lowest BCUT2D eigenvalue weighted by Crippen LogP contribution is -2.31. The topological polar surface area (TPSA) is 42.2 Å². The molecule has 1 aromatic heterocycles. The van der Waals surface area contributed by atoms with Crippen molar-refractivity contribution >= 4 is 11.3 Å². The number of rotatable bonds is 6. The molecule has 0 saturated heterocycles. The first kappa shape index (κ1) is 13.6. The van der Waals surface area contributed by atoms with Gasteiger partial charge in [-0.15, -0.1) is 11.3 Å². The van der Waals surface area contributed by atoms with E-state index in [1.807, 2.05) is 6.92 Å². The molecule has 0 radical (unpaired) electrons. The molecule has 0 aromatic carbocycles. The van der Waals surface area contributed by atoms with Gasteiger partial charge in [-0.1, -0.05) is 13.8 Å². The van der Waals surface area contributed by atoms with Crippen molar-refractivity contribution in [3.8, 4) is 0 Å². The quantitative estimate of drug-likeness (QED) is 0.830. The SMILES string of the molecule is Cc1nc(CN(C)CCC(N)C(C)C)cs1. The summed E-state index contributed by atoms with van der Waals surface area (Å²) in [5.41, 5.74) is 7.19. The van der Waals surface area contributed by atoms with Crippen molar-refractivity contribution in [2.45, 2.75) is 39.8 Å². The maximum absolute atomic E-state index is 6.02. The Labute approximate surface area is 103 Å². The molecule has 0 saturated carbocycles. The van der Waals surface area contributed by atoms with Gasteiger partial charge in [0.05, 0.1) is 10.7 Å². The highest BCUT2D eigenvalue weighted by atomic mass is 32.1. The maximum Gasteiger partial charge on any atom is 0.0897 e. The average molecular weight is 241 g/mol. The summed E-state index contributed by atoms with van der Waals surface area (Å²) in [6.45, 7) is 8.36. The van der Waals surface area contributed by atoms with Crippen molar-refractivity contribution in [1.82, 2.24) is 9.88 Å². The van der Waals surface area contributed by atoms with Crippen molar-refractivity contribution in [3.05, 3.63) is 16.1 Å². The summed E-state index contributed by atoms with van der Waals surface area (Å²) >= 11 is 1.71. The minimum absolute atomic E-state index is 0.305. The fourth-order valence-electron chi connectivity index (χ4n) is 1.54. The zero-order valence-electron chi connectivity index (χ0n) is 10.7. The average Bonchev–Trinajstić information content (AvgIpc) is 2.60. The molecule has 4 heteroatoms. The third kappa shape index (κ3) is 4.60. The second-order valence-corrected chi connectivity index (χ2v) is 5.85. The highest BCUT2D eigenvalue weighted by Gasteiger charge is 2.09. The van der Waals surface area contributed by atoms with E-state index in [9.17, 15) is 0 Å². The second kappa shape index (κ2) is 6.33. The molecule has 1 atom stereocenters. The summed E-state index contributed by atoms with van der Waals surface area (Å²) in [6.07, 6.45) is 1.05. The van der Waals surface area contributed by atoms with E-state index >= 15 is 0 Å². The highest BCUT2D eigenvalue weighted by molar-refractivity contribution is 7.09. The fraction of sp³-hybridized carbons (Fsp3) is 0.750. The Kier molecular flexibility index (Phi) is 5.38. The predicted octanol–water partition coefficient (Wildman–Crippen LogP) is 2.26. The Morgan fingerprint density at radius 3 is 2.69 bits per heavy atom. The summed E-state index contributed by atoms with van der Waals surface area (Å²) in [6, 6.07) is 0.305. The van der Waals surface area contributed by atoms with Crippen LogP contribution in [0.4, 0.5) is 0 Å². The van der Waals surface area contributed by atoms with Gasteiger partial charge in [0, 0.05) is 18.0 Å². The summed E-state index contributed by atoms with van der Waals surface area (Å²) in [7, 11) is 2.13. The van der Waals surface area contributed by atoms with Crippen LogP contribution in [0.1, 0.15) is 31.0 Å². The normalized spacial score (nSPS) is 13.7. The van der Waals surface area contributed by atoms with Crippen molar-refractivity contribution in [3.63, 3.8) is 0 Å². The van der Waals surface area contributed by atoms with E-state index in [1.165, 1.54) is 5.69 Å². The van der Waals surface area contributed by atoms with Gasteiger partial charge in [-0.3, -0.25) is 0 Å². The third-order valence-electron chi connectivity index (χ3n) is 2.80. The minimum atomic E-state index is 0.305. The molecule has 0 aliphatic heterocycles. The zero-order chi connectivity index (χ0) is 12.1. The van der Waals surface area contributed by atoms with E-state index in [-0.39, 0.29) is 0 Å². The molecule has 92 valence electrons. The molecule has 1 aromatic rings.